The van der Waals surface area contributed by atoms with Crippen LogP contribution in [0.5, 0.6) is 0 Å². The number of nitrogens with zero attached hydrogens (tertiary/aromatic N) is 1. The summed E-state index contributed by atoms with van der Waals surface area (Å²) < 4.78 is 15.8. The third kappa shape index (κ3) is 1.93. The van der Waals surface area contributed by atoms with Crippen LogP contribution < -0.4 is 0 Å². The van der Waals surface area contributed by atoms with E-state index in [0.29, 0.717) is 23.1 Å². The Kier molecular flexibility index (Phi) is 3.44. The summed E-state index contributed by atoms with van der Waals surface area (Å²) in [6, 6.07) is 3.44. The van der Waals surface area contributed by atoms with Gasteiger partial charge in [-0.1, -0.05) is 24.9 Å². The number of benzene rings is 1. The molecule has 0 radical (unpaired) electrons. The molecule has 2 nitrogen and oxygen atoms in total. The molecule has 0 aliphatic rings. The van der Waals surface area contributed by atoms with Crippen LogP contribution in [0.25, 0.3) is 10.9 Å². The molecular formula is C14H15ClFNO. The molecule has 0 saturated carbocycles. The third-order valence-corrected chi connectivity index (χ3v) is 3.55. The van der Waals surface area contributed by atoms with Gasteiger partial charge in [0, 0.05) is 19.4 Å². The molecule has 0 saturated heterocycles. The Morgan fingerprint density at radius 1 is 1.44 bits per heavy atom. The van der Waals surface area contributed by atoms with Gasteiger partial charge in [0.2, 0.25) is 0 Å². The van der Waals surface area contributed by atoms with E-state index in [1.165, 1.54) is 6.92 Å². The van der Waals surface area contributed by atoms with Crippen molar-refractivity contribution < 1.29 is 9.18 Å². The van der Waals surface area contributed by atoms with Gasteiger partial charge in [0.05, 0.1) is 16.2 Å². The van der Waals surface area contributed by atoms with E-state index in [1.807, 2.05) is 6.92 Å². The highest BCUT2D eigenvalue weighted by molar-refractivity contribution is 6.36. The minimum atomic E-state index is -0.369. The van der Waals surface area contributed by atoms with Crippen molar-refractivity contribution in [3.63, 3.8) is 0 Å². The zero-order valence-electron chi connectivity index (χ0n) is 10.7. The maximum absolute atomic E-state index is 14.0. The highest BCUT2D eigenvalue weighted by Gasteiger charge is 2.17. The van der Waals surface area contributed by atoms with Crippen molar-refractivity contribution in [1.82, 2.24) is 4.57 Å². The van der Waals surface area contributed by atoms with Crippen LogP contribution in [-0.2, 0) is 13.5 Å². The summed E-state index contributed by atoms with van der Waals surface area (Å²) in [5.41, 5.74) is 1.95. The molecule has 0 bridgehead atoms. The van der Waals surface area contributed by atoms with Gasteiger partial charge in [-0.3, -0.25) is 4.79 Å². The first-order valence-corrected chi connectivity index (χ1v) is 6.32. The minimum Gasteiger partial charge on any atom is -0.341 e. The number of hydrogen-bond acceptors (Lipinski definition) is 1. The lowest BCUT2D eigenvalue weighted by atomic mass is 10.1. The lowest BCUT2D eigenvalue weighted by Gasteiger charge is -2.06. The summed E-state index contributed by atoms with van der Waals surface area (Å²) in [6.45, 7) is 3.48. The van der Waals surface area contributed by atoms with Crippen LogP contribution in [0.1, 0.15) is 36.3 Å². The lowest BCUT2D eigenvalue weighted by molar-refractivity contribution is 0.101. The molecule has 1 aromatic heterocycles. The lowest BCUT2D eigenvalue weighted by Crippen LogP contribution is -2.01. The number of carbonyl (C=O) groups excluding carboxylic acids is 1. The number of Topliss-reactive ketones (excluding diaryl/α,β-unsaturated/α-hetero) is 1. The second kappa shape index (κ2) is 4.73. The van der Waals surface area contributed by atoms with Crippen molar-refractivity contribution in [3.05, 3.63) is 34.2 Å². The fourth-order valence-electron chi connectivity index (χ4n) is 2.24. The molecule has 0 fully saturated rings. The third-order valence-electron chi connectivity index (χ3n) is 3.18. The van der Waals surface area contributed by atoms with Crippen LogP contribution in [0.2, 0.25) is 5.02 Å². The summed E-state index contributed by atoms with van der Waals surface area (Å²) >= 11 is 6.06. The SMILES string of the molecule is CCCc1cc2c(cc(C(C)=O)n2C)c(Cl)c1F. The van der Waals surface area contributed by atoms with Crippen LogP contribution in [-0.4, -0.2) is 10.4 Å². The van der Waals surface area contributed by atoms with E-state index in [1.54, 1.807) is 23.7 Å². The fourth-order valence-corrected chi connectivity index (χ4v) is 2.52. The highest BCUT2D eigenvalue weighted by Crippen LogP contribution is 2.32. The molecule has 0 aliphatic heterocycles. The molecule has 96 valence electrons. The molecule has 0 atom stereocenters. The van der Waals surface area contributed by atoms with E-state index in [2.05, 4.69) is 0 Å². The molecule has 0 spiro atoms. The monoisotopic (exact) mass is 267 g/mol. The standard InChI is InChI=1S/C14H15ClFNO/c1-4-5-9-6-12-10(13(15)14(9)16)7-11(8(2)18)17(12)3/h6-7H,4-5H2,1-3H3. The summed E-state index contributed by atoms with van der Waals surface area (Å²) in [5, 5.41) is 0.709. The minimum absolute atomic E-state index is 0.0535. The summed E-state index contributed by atoms with van der Waals surface area (Å²) in [7, 11) is 1.79. The summed E-state index contributed by atoms with van der Waals surface area (Å²) in [4.78, 5) is 11.5. The molecule has 0 N–H and O–H groups in total. The number of rotatable bonds is 3. The Bertz CT molecular complexity index is 630. The van der Waals surface area contributed by atoms with E-state index in [4.69, 9.17) is 11.6 Å². The normalized spacial score (nSPS) is 11.2. The number of hydrogen-bond donors (Lipinski definition) is 0. The van der Waals surface area contributed by atoms with E-state index < -0.39 is 0 Å². The van der Waals surface area contributed by atoms with Gasteiger partial charge in [0.25, 0.3) is 0 Å². The maximum Gasteiger partial charge on any atom is 0.176 e. The Labute approximate surface area is 110 Å². The Hall–Kier alpha value is -1.35. The number of fused-ring (bicyclic) bond motifs is 1. The number of halogens is 2. The first kappa shape index (κ1) is 13.1. The zero-order chi connectivity index (χ0) is 13.4. The highest BCUT2D eigenvalue weighted by atomic mass is 35.5. The van der Waals surface area contributed by atoms with Crippen LogP contribution >= 0.6 is 11.6 Å². The van der Waals surface area contributed by atoms with Crippen molar-refractivity contribution in [3.8, 4) is 0 Å². The fraction of sp³-hybridized carbons (Fsp3) is 0.357. The topological polar surface area (TPSA) is 22.0 Å². The molecule has 1 aromatic carbocycles. The van der Waals surface area contributed by atoms with Crippen LogP contribution in [0, 0.1) is 5.82 Å². The van der Waals surface area contributed by atoms with Crippen molar-refractivity contribution in [2.45, 2.75) is 26.7 Å². The van der Waals surface area contributed by atoms with Gasteiger partial charge in [0.1, 0.15) is 5.82 Å². The zero-order valence-corrected chi connectivity index (χ0v) is 11.4. The second-order valence-corrected chi connectivity index (χ2v) is 4.87. The molecule has 4 heteroatoms. The molecule has 1 heterocycles. The van der Waals surface area contributed by atoms with Gasteiger partial charge in [-0.05, 0) is 24.1 Å². The van der Waals surface area contributed by atoms with Crippen LogP contribution in [0.3, 0.4) is 0 Å². The largest absolute Gasteiger partial charge is 0.341 e. The Balaban J connectivity index is 2.79. The van der Waals surface area contributed by atoms with Gasteiger partial charge in [-0.15, -0.1) is 0 Å². The number of ketones is 1. The van der Waals surface area contributed by atoms with Crippen molar-refractivity contribution in [2.24, 2.45) is 7.05 Å². The first-order valence-electron chi connectivity index (χ1n) is 5.94. The van der Waals surface area contributed by atoms with E-state index in [-0.39, 0.29) is 16.6 Å². The van der Waals surface area contributed by atoms with E-state index in [0.717, 1.165) is 11.9 Å². The molecule has 2 aromatic rings. The molecule has 0 unspecified atom stereocenters. The van der Waals surface area contributed by atoms with Gasteiger partial charge in [-0.25, -0.2) is 4.39 Å². The summed E-state index contributed by atoms with van der Waals surface area (Å²) in [5.74, 6) is -0.422. The number of aromatic nitrogens is 1. The second-order valence-electron chi connectivity index (χ2n) is 4.49. The van der Waals surface area contributed by atoms with Crippen molar-refractivity contribution in [2.75, 3.05) is 0 Å². The van der Waals surface area contributed by atoms with E-state index in [9.17, 15) is 9.18 Å². The molecule has 0 aliphatic carbocycles. The predicted molar refractivity (Wildman–Crippen MR) is 71.9 cm³/mol. The van der Waals surface area contributed by atoms with E-state index >= 15 is 0 Å². The number of carbonyl (C=O) groups is 1. The van der Waals surface area contributed by atoms with Gasteiger partial charge >= 0.3 is 0 Å². The summed E-state index contributed by atoms with van der Waals surface area (Å²) in [6.07, 6.45) is 1.49. The van der Waals surface area contributed by atoms with Crippen LogP contribution in [0.15, 0.2) is 12.1 Å². The Morgan fingerprint density at radius 3 is 2.67 bits per heavy atom. The van der Waals surface area contributed by atoms with Crippen molar-refractivity contribution >= 4 is 28.3 Å². The Morgan fingerprint density at radius 2 is 2.11 bits per heavy atom. The molecule has 2 rings (SSSR count). The van der Waals surface area contributed by atoms with Crippen LogP contribution in [0.4, 0.5) is 4.39 Å². The van der Waals surface area contributed by atoms with Crippen molar-refractivity contribution in [1.29, 1.82) is 0 Å². The van der Waals surface area contributed by atoms with Gasteiger partial charge < -0.3 is 4.57 Å². The average molecular weight is 268 g/mol. The first-order chi connectivity index (χ1) is 8.47. The quantitative estimate of drug-likeness (QED) is 0.767. The van der Waals surface area contributed by atoms with Gasteiger partial charge in [-0.2, -0.15) is 0 Å². The smallest absolute Gasteiger partial charge is 0.176 e. The number of aryl methyl sites for hydroxylation is 2. The molecule has 18 heavy (non-hydrogen) atoms. The maximum atomic E-state index is 14.0. The predicted octanol–water partition coefficient (Wildman–Crippen LogP) is 4.13. The molecule has 0 amide bonds. The van der Waals surface area contributed by atoms with Gasteiger partial charge in [0.15, 0.2) is 5.78 Å². The average Bonchev–Trinajstić information content (AvgIpc) is 2.64. The molecular weight excluding hydrogens is 253 g/mol.